The Kier molecular flexibility index (Phi) is 13.1. The summed E-state index contributed by atoms with van der Waals surface area (Å²) in [5.41, 5.74) is 0. The normalized spacial score (nSPS) is 14.0. The molecule has 1 N–H and O–H groups in total. The van der Waals surface area contributed by atoms with Crippen molar-refractivity contribution in [2.24, 2.45) is 5.92 Å². The third kappa shape index (κ3) is 15.4. The number of rotatable bonds is 16. The molecule has 0 saturated carbocycles. The molecule has 4 nitrogen and oxygen atoms in total. The van der Waals surface area contributed by atoms with E-state index in [-0.39, 0.29) is 11.7 Å². The molecular formula is C19H42NO3S+. The van der Waals surface area contributed by atoms with Crippen molar-refractivity contribution in [2.75, 3.05) is 32.9 Å². The van der Waals surface area contributed by atoms with Crippen LogP contribution in [0.3, 0.4) is 0 Å². The van der Waals surface area contributed by atoms with Crippen LogP contribution in [0.25, 0.3) is 0 Å². The quantitative estimate of drug-likeness (QED) is 0.241. The molecule has 0 bridgehead atoms. The minimum Gasteiger partial charge on any atom is -0.328 e. The van der Waals surface area contributed by atoms with Gasteiger partial charge in [0.05, 0.1) is 32.9 Å². The average molecular weight is 365 g/mol. The maximum Gasteiger partial charge on any atom is 0.265 e. The number of nitrogens with zero attached hydrogens (tertiary/aromatic N) is 1. The van der Waals surface area contributed by atoms with Crippen molar-refractivity contribution in [1.82, 2.24) is 0 Å². The van der Waals surface area contributed by atoms with Crippen molar-refractivity contribution < 1.29 is 17.5 Å². The molecule has 0 aliphatic rings. The summed E-state index contributed by atoms with van der Waals surface area (Å²) < 4.78 is 32.0. The first kappa shape index (κ1) is 23.9. The minimum absolute atomic E-state index is 0.0399. The summed E-state index contributed by atoms with van der Waals surface area (Å²) in [5.74, 6) is -0.0680. The van der Waals surface area contributed by atoms with Crippen molar-refractivity contribution in [3.63, 3.8) is 0 Å². The van der Waals surface area contributed by atoms with Gasteiger partial charge in [-0.15, -0.1) is 0 Å². The molecule has 0 aromatic rings. The molecule has 0 saturated heterocycles. The Hall–Kier alpha value is -0.130. The van der Waals surface area contributed by atoms with Gasteiger partial charge in [-0.05, 0) is 19.3 Å². The standard InChI is InChI=1S/C19H41NO3S/c1-5-7-8-9-10-11-12-13-14-15-16-20(3,4)17-19(6-2)18-24(21,22)23/h19H,5-18H2,1-4H3/p+1. The van der Waals surface area contributed by atoms with Crippen LogP contribution in [0.15, 0.2) is 0 Å². The highest BCUT2D eigenvalue weighted by atomic mass is 32.2. The molecule has 5 heteroatoms. The number of quaternary nitrogens is 1. The van der Waals surface area contributed by atoms with Crippen LogP contribution in [-0.2, 0) is 10.1 Å². The zero-order valence-electron chi connectivity index (χ0n) is 16.6. The van der Waals surface area contributed by atoms with Crippen LogP contribution in [0.1, 0.15) is 84.5 Å². The molecule has 0 fully saturated rings. The van der Waals surface area contributed by atoms with Gasteiger partial charge in [0.1, 0.15) is 0 Å². The largest absolute Gasteiger partial charge is 0.328 e. The second kappa shape index (κ2) is 13.1. The minimum atomic E-state index is -3.86. The number of unbranched alkanes of at least 4 members (excludes halogenated alkanes) is 9. The molecule has 24 heavy (non-hydrogen) atoms. The van der Waals surface area contributed by atoms with E-state index in [4.69, 9.17) is 4.55 Å². The average Bonchev–Trinajstić information content (AvgIpc) is 2.46. The molecule has 0 rings (SSSR count). The van der Waals surface area contributed by atoms with E-state index >= 15 is 0 Å². The molecule has 0 amide bonds. The van der Waals surface area contributed by atoms with Gasteiger partial charge in [-0.2, -0.15) is 8.42 Å². The summed E-state index contributed by atoms with van der Waals surface area (Å²) in [5, 5.41) is 0. The fourth-order valence-corrected chi connectivity index (χ4v) is 4.35. The van der Waals surface area contributed by atoms with Crippen LogP contribution in [0.4, 0.5) is 0 Å². The molecule has 0 radical (unpaired) electrons. The van der Waals surface area contributed by atoms with E-state index in [9.17, 15) is 8.42 Å². The Morgan fingerprint density at radius 2 is 1.29 bits per heavy atom. The van der Waals surface area contributed by atoms with Crippen molar-refractivity contribution >= 4 is 10.1 Å². The van der Waals surface area contributed by atoms with Crippen molar-refractivity contribution in [3.05, 3.63) is 0 Å². The molecule has 0 aliphatic heterocycles. The molecule has 1 unspecified atom stereocenters. The van der Waals surface area contributed by atoms with Gasteiger partial charge >= 0.3 is 0 Å². The highest BCUT2D eigenvalue weighted by Gasteiger charge is 2.24. The molecule has 0 aromatic heterocycles. The lowest BCUT2D eigenvalue weighted by atomic mass is 10.1. The highest BCUT2D eigenvalue weighted by Crippen LogP contribution is 2.15. The second-order valence-electron chi connectivity index (χ2n) is 8.05. The van der Waals surface area contributed by atoms with Gasteiger partial charge in [0.25, 0.3) is 10.1 Å². The first-order chi connectivity index (χ1) is 11.2. The Labute approximate surface area is 151 Å². The van der Waals surface area contributed by atoms with Gasteiger partial charge in [0.2, 0.25) is 0 Å². The lowest BCUT2D eigenvalue weighted by Gasteiger charge is -2.33. The molecule has 0 aromatic carbocycles. The molecule has 0 heterocycles. The predicted octanol–water partition coefficient (Wildman–Crippen LogP) is 4.90. The summed E-state index contributed by atoms with van der Waals surface area (Å²) >= 11 is 0. The molecule has 0 aliphatic carbocycles. The van der Waals surface area contributed by atoms with Crippen molar-refractivity contribution in [1.29, 1.82) is 0 Å². The van der Waals surface area contributed by atoms with E-state index in [0.29, 0.717) is 0 Å². The third-order valence-corrected chi connectivity index (χ3v) is 5.79. The lowest BCUT2D eigenvalue weighted by Crippen LogP contribution is -2.45. The van der Waals surface area contributed by atoms with E-state index in [0.717, 1.165) is 24.0 Å². The van der Waals surface area contributed by atoms with E-state index < -0.39 is 10.1 Å². The molecule has 1 atom stereocenters. The molecular weight excluding hydrogens is 322 g/mol. The lowest BCUT2D eigenvalue weighted by molar-refractivity contribution is -0.893. The van der Waals surface area contributed by atoms with Gasteiger partial charge in [0.15, 0.2) is 0 Å². The van der Waals surface area contributed by atoms with Crippen LogP contribution in [0.5, 0.6) is 0 Å². The Bertz CT molecular complexity index is 393. The zero-order valence-corrected chi connectivity index (χ0v) is 17.4. The van der Waals surface area contributed by atoms with Gasteiger partial charge in [-0.3, -0.25) is 4.55 Å². The summed E-state index contributed by atoms with van der Waals surface area (Å²) in [6, 6.07) is 0. The van der Waals surface area contributed by atoms with Gasteiger partial charge in [0, 0.05) is 5.92 Å². The van der Waals surface area contributed by atoms with Crippen LogP contribution in [-0.4, -0.2) is 50.4 Å². The Morgan fingerprint density at radius 1 is 0.833 bits per heavy atom. The molecule has 0 spiro atoms. The van der Waals surface area contributed by atoms with Crippen LogP contribution < -0.4 is 0 Å². The zero-order chi connectivity index (χ0) is 18.5. The topological polar surface area (TPSA) is 54.4 Å². The van der Waals surface area contributed by atoms with Gasteiger partial charge in [-0.1, -0.05) is 65.2 Å². The number of hydrogen-bond acceptors (Lipinski definition) is 2. The fraction of sp³-hybridized carbons (Fsp3) is 1.00. The van der Waals surface area contributed by atoms with Crippen LogP contribution in [0.2, 0.25) is 0 Å². The van der Waals surface area contributed by atoms with Gasteiger partial charge in [-0.25, -0.2) is 0 Å². The summed E-state index contributed by atoms with van der Waals surface area (Å²) in [4.78, 5) is 0. The fourth-order valence-electron chi connectivity index (χ4n) is 3.42. The van der Waals surface area contributed by atoms with Crippen LogP contribution >= 0.6 is 0 Å². The van der Waals surface area contributed by atoms with Gasteiger partial charge < -0.3 is 4.48 Å². The molecule has 146 valence electrons. The van der Waals surface area contributed by atoms with Crippen LogP contribution in [0, 0.1) is 5.92 Å². The van der Waals surface area contributed by atoms with E-state index in [2.05, 4.69) is 21.0 Å². The van der Waals surface area contributed by atoms with Crippen molar-refractivity contribution in [2.45, 2.75) is 84.5 Å². The number of hydrogen-bond donors (Lipinski definition) is 1. The Morgan fingerprint density at radius 3 is 1.71 bits per heavy atom. The predicted molar refractivity (Wildman–Crippen MR) is 104 cm³/mol. The highest BCUT2D eigenvalue weighted by molar-refractivity contribution is 7.85. The van der Waals surface area contributed by atoms with E-state index in [1.165, 1.54) is 64.2 Å². The first-order valence-corrected chi connectivity index (χ1v) is 11.6. The maximum absolute atomic E-state index is 11.1. The first-order valence-electron chi connectivity index (χ1n) is 9.97. The van der Waals surface area contributed by atoms with E-state index in [1.54, 1.807) is 0 Å². The summed E-state index contributed by atoms with van der Waals surface area (Å²) in [6.07, 6.45) is 14.2. The third-order valence-electron chi connectivity index (χ3n) is 4.89. The maximum atomic E-state index is 11.1. The van der Waals surface area contributed by atoms with Crippen molar-refractivity contribution in [3.8, 4) is 0 Å². The monoisotopic (exact) mass is 364 g/mol. The SMILES string of the molecule is CCCCCCCCCCCC[N+](C)(C)CC(CC)CS(=O)(=O)O. The van der Waals surface area contributed by atoms with E-state index in [1.807, 2.05) is 6.92 Å². The second-order valence-corrected chi connectivity index (χ2v) is 9.54. The summed E-state index contributed by atoms with van der Waals surface area (Å²) in [7, 11) is 0.472. The Balaban J connectivity index is 3.76. The summed E-state index contributed by atoms with van der Waals surface area (Å²) in [6.45, 7) is 6.15. The smallest absolute Gasteiger partial charge is 0.265 e.